The zero-order valence-corrected chi connectivity index (χ0v) is 30.9. The molecule has 0 saturated carbocycles. The maximum atomic E-state index is 4.65. The molecule has 4 heteroatoms. The van der Waals surface area contributed by atoms with Crippen molar-refractivity contribution < 1.29 is 0 Å². The first kappa shape index (κ1) is 31.6. The molecule has 0 unspecified atom stereocenters. The Kier molecular flexibility index (Phi) is 6.89. The Morgan fingerprint density at radius 1 is 0.263 bits per heavy atom. The van der Waals surface area contributed by atoms with E-state index in [9.17, 15) is 0 Å². The zero-order valence-electron chi connectivity index (χ0n) is 30.9. The van der Waals surface area contributed by atoms with Crippen molar-refractivity contribution in [3.05, 3.63) is 206 Å². The Morgan fingerprint density at radius 3 is 1.21 bits per heavy atom. The summed E-state index contributed by atoms with van der Waals surface area (Å²) in [5, 5.41) is 7.42. The monoisotopic (exact) mass is 726 g/mol. The van der Waals surface area contributed by atoms with E-state index < -0.39 is 0 Å². The first-order valence-corrected chi connectivity index (χ1v) is 19.5. The summed E-state index contributed by atoms with van der Waals surface area (Å²) in [7, 11) is 0. The van der Waals surface area contributed by atoms with Crippen LogP contribution in [-0.2, 0) is 0 Å². The lowest BCUT2D eigenvalue weighted by Crippen LogP contribution is -2.00. The molecule has 57 heavy (non-hydrogen) atoms. The van der Waals surface area contributed by atoms with Crippen molar-refractivity contribution in [2.75, 3.05) is 0 Å². The molecule has 0 amide bonds. The molecule has 0 radical (unpaired) electrons. The third kappa shape index (κ3) is 4.84. The summed E-state index contributed by atoms with van der Waals surface area (Å²) in [6, 6.07) is 72.7. The number of para-hydroxylation sites is 5. The third-order valence-electron chi connectivity index (χ3n) is 11.7. The maximum absolute atomic E-state index is 4.65. The Labute approximate surface area is 328 Å². The molecule has 4 nitrogen and oxygen atoms in total. The number of nitrogens with zero attached hydrogens (tertiary/aromatic N) is 4. The quantitative estimate of drug-likeness (QED) is 0.174. The van der Waals surface area contributed by atoms with Crippen LogP contribution in [0.2, 0.25) is 0 Å². The van der Waals surface area contributed by atoms with Gasteiger partial charge < -0.3 is 13.7 Å². The summed E-state index contributed by atoms with van der Waals surface area (Å²) in [4.78, 5) is 4.65. The van der Waals surface area contributed by atoms with E-state index in [4.69, 9.17) is 0 Å². The third-order valence-corrected chi connectivity index (χ3v) is 11.7. The van der Waals surface area contributed by atoms with Crippen molar-refractivity contribution in [1.29, 1.82) is 0 Å². The van der Waals surface area contributed by atoms with E-state index in [1.165, 1.54) is 59.9 Å². The minimum absolute atomic E-state index is 0.973. The molecule has 0 atom stereocenters. The topological polar surface area (TPSA) is 27.7 Å². The minimum atomic E-state index is 0.973. The van der Waals surface area contributed by atoms with Gasteiger partial charge >= 0.3 is 0 Å². The maximum Gasteiger partial charge on any atom is 0.0702 e. The standard InChI is InChI=1S/C53H34N4/c1-6-22-48-41(16-1)42-17-2-7-23-49(42)56(48)39-31-37(32-40(34-39)57-50-24-8-3-18-43(50)44-19-4-9-25-51(44)57)35-14-13-15-38(30-35)55-52-26-10-5-20-45(52)46-33-36(27-28-53(46)55)47-21-11-12-29-54-47/h1-34H. The van der Waals surface area contributed by atoms with Crippen LogP contribution in [0.25, 0.3) is 105 Å². The largest absolute Gasteiger partial charge is 0.309 e. The fraction of sp³-hybridized carbons (Fsp3) is 0. The number of hydrogen-bond donors (Lipinski definition) is 0. The van der Waals surface area contributed by atoms with Crippen molar-refractivity contribution in [2.24, 2.45) is 0 Å². The highest BCUT2D eigenvalue weighted by molar-refractivity contribution is 6.12. The summed E-state index contributed by atoms with van der Waals surface area (Å²) in [5.74, 6) is 0. The van der Waals surface area contributed by atoms with Gasteiger partial charge in [0.05, 0.1) is 38.8 Å². The molecule has 0 aliphatic carbocycles. The molecule has 0 saturated heterocycles. The van der Waals surface area contributed by atoms with E-state index in [2.05, 4.69) is 207 Å². The van der Waals surface area contributed by atoms with Crippen LogP contribution in [0.1, 0.15) is 0 Å². The second kappa shape index (κ2) is 12.4. The lowest BCUT2D eigenvalue weighted by molar-refractivity contribution is 1.13. The van der Waals surface area contributed by atoms with Crippen LogP contribution < -0.4 is 0 Å². The summed E-state index contributed by atoms with van der Waals surface area (Å²) in [6.45, 7) is 0. The molecule has 8 aromatic carbocycles. The van der Waals surface area contributed by atoms with E-state index in [1.807, 2.05) is 18.3 Å². The number of hydrogen-bond acceptors (Lipinski definition) is 1. The Bertz CT molecular complexity index is 3290. The zero-order chi connectivity index (χ0) is 37.5. The molecule has 0 N–H and O–H groups in total. The highest BCUT2D eigenvalue weighted by Crippen LogP contribution is 2.39. The molecule has 0 bridgehead atoms. The molecule has 12 rings (SSSR count). The number of aromatic nitrogens is 4. The van der Waals surface area contributed by atoms with E-state index in [-0.39, 0.29) is 0 Å². The Hall–Kier alpha value is -7.69. The fourth-order valence-electron chi connectivity index (χ4n) is 9.19. The second-order valence-electron chi connectivity index (χ2n) is 14.8. The van der Waals surface area contributed by atoms with Crippen molar-refractivity contribution in [3.8, 4) is 39.4 Å². The molecule has 4 aromatic heterocycles. The number of pyridine rings is 1. The highest BCUT2D eigenvalue weighted by Gasteiger charge is 2.19. The van der Waals surface area contributed by atoms with Crippen LogP contribution in [0.4, 0.5) is 0 Å². The molecule has 0 spiro atoms. The second-order valence-corrected chi connectivity index (χ2v) is 14.8. The van der Waals surface area contributed by atoms with Gasteiger partial charge in [-0.2, -0.15) is 0 Å². The van der Waals surface area contributed by atoms with Crippen molar-refractivity contribution in [3.63, 3.8) is 0 Å². The lowest BCUT2D eigenvalue weighted by atomic mass is 10.0. The van der Waals surface area contributed by atoms with Crippen LogP contribution in [0.5, 0.6) is 0 Å². The van der Waals surface area contributed by atoms with Crippen molar-refractivity contribution in [1.82, 2.24) is 18.7 Å². The van der Waals surface area contributed by atoms with Crippen LogP contribution in [0.3, 0.4) is 0 Å². The Balaban J connectivity index is 1.11. The normalized spacial score (nSPS) is 11.9. The van der Waals surface area contributed by atoms with E-state index in [1.54, 1.807) is 0 Å². The van der Waals surface area contributed by atoms with Crippen LogP contribution in [-0.4, -0.2) is 18.7 Å². The smallest absolute Gasteiger partial charge is 0.0702 e. The molecule has 0 aliphatic heterocycles. The van der Waals surface area contributed by atoms with Gasteiger partial charge in [0.25, 0.3) is 0 Å². The number of fused-ring (bicyclic) bond motifs is 9. The lowest BCUT2D eigenvalue weighted by Gasteiger charge is -2.16. The molecular weight excluding hydrogens is 693 g/mol. The van der Waals surface area contributed by atoms with Crippen LogP contribution in [0, 0.1) is 0 Å². The van der Waals surface area contributed by atoms with Gasteiger partial charge in [0.15, 0.2) is 0 Å². The average molecular weight is 727 g/mol. The van der Waals surface area contributed by atoms with Gasteiger partial charge in [0.1, 0.15) is 0 Å². The minimum Gasteiger partial charge on any atom is -0.309 e. The first-order chi connectivity index (χ1) is 28.3. The van der Waals surface area contributed by atoms with Crippen molar-refractivity contribution in [2.45, 2.75) is 0 Å². The van der Waals surface area contributed by atoms with Gasteiger partial charge in [-0.25, -0.2) is 0 Å². The van der Waals surface area contributed by atoms with Crippen molar-refractivity contribution >= 4 is 65.4 Å². The summed E-state index contributed by atoms with van der Waals surface area (Å²) in [5.41, 5.74) is 14.8. The summed E-state index contributed by atoms with van der Waals surface area (Å²) < 4.78 is 7.27. The van der Waals surface area contributed by atoms with Gasteiger partial charge in [0.2, 0.25) is 0 Å². The average Bonchev–Trinajstić information content (AvgIpc) is 3.92. The predicted octanol–water partition coefficient (Wildman–Crippen LogP) is 13.7. The van der Waals surface area contributed by atoms with E-state index in [0.717, 1.165) is 45.0 Å². The molecule has 0 fully saturated rings. The number of rotatable bonds is 5. The molecule has 266 valence electrons. The molecule has 0 aliphatic rings. The predicted molar refractivity (Wildman–Crippen MR) is 238 cm³/mol. The summed E-state index contributed by atoms with van der Waals surface area (Å²) >= 11 is 0. The van der Waals surface area contributed by atoms with Gasteiger partial charge in [-0.1, -0.05) is 115 Å². The summed E-state index contributed by atoms with van der Waals surface area (Å²) in [6.07, 6.45) is 1.86. The van der Waals surface area contributed by atoms with Gasteiger partial charge in [-0.15, -0.1) is 0 Å². The first-order valence-electron chi connectivity index (χ1n) is 19.5. The van der Waals surface area contributed by atoms with Gasteiger partial charge in [0, 0.05) is 61.1 Å². The van der Waals surface area contributed by atoms with E-state index >= 15 is 0 Å². The fourth-order valence-corrected chi connectivity index (χ4v) is 9.19. The van der Waals surface area contributed by atoms with Crippen LogP contribution in [0.15, 0.2) is 206 Å². The van der Waals surface area contributed by atoms with Gasteiger partial charge in [-0.3, -0.25) is 4.98 Å². The van der Waals surface area contributed by atoms with Crippen LogP contribution >= 0.6 is 0 Å². The highest BCUT2D eigenvalue weighted by atomic mass is 15.0. The molecule has 4 heterocycles. The SMILES string of the molecule is c1ccc(-c2ccc3c(c2)c2ccccc2n3-c2cccc(-c3cc(-n4c5ccccc5c5ccccc54)cc(-n4c5ccccc5c5ccccc54)c3)c2)nc1. The van der Waals surface area contributed by atoms with E-state index in [0.29, 0.717) is 0 Å². The molecule has 12 aromatic rings. The number of benzene rings is 8. The molecular formula is C53H34N4. The van der Waals surface area contributed by atoms with Gasteiger partial charge in [-0.05, 0) is 96.1 Å². The Morgan fingerprint density at radius 2 is 0.702 bits per heavy atom.